The number of nitrogens with zero attached hydrogens (tertiary/aromatic N) is 2. The van der Waals surface area contributed by atoms with Gasteiger partial charge < -0.3 is 5.11 Å². The highest BCUT2D eigenvalue weighted by Gasteiger charge is 2.11. The van der Waals surface area contributed by atoms with Gasteiger partial charge in [0.25, 0.3) is 5.91 Å². The molecule has 126 valence electrons. The molecule has 0 bridgehead atoms. The highest BCUT2D eigenvalue weighted by molar-refractivity contribution is 6.02. The third kappa shape index (κ3) is 3.72. The second-order valence-electron chi connectivity index (χ2n) is 5.33. The second kappa shape index (κ2) is 6.96. The fraction of sp³-hybridized carbons (Fsp3) is 0.0556. The van der Waals surface area contributed by atoms with Gasteiger partial charge in [0.05, 0.1) is 11.4 Å². The summed E-state index contributed by atoms with van der Waals surface area (Å²) in [6.45, 7) is 1.67. The van der Waals surface area contributed by atoms with E-state index in [2.05, 4.69) is 20.7 Å². The van der Waals surface area contributed by atoms with Crippen molar-refractivity contribution in [3.63, 3.8) is 0 Å². The van der Waals surface area contributed by atoms with E-state index in [1.165, 1.54) is 12.1 Å². The minimum Gasteiger partial charge on any atom is -0.507 e. The molecule has 6 nitrogen and oxygen atoms in total. The van der Waals surface area contributed by atoms with Crippen LogP contribution in [-0.4, -0.2) is 26.9 Å². The van der Waals surface area contributed by atoms with Gasteiger partial charge in [0.15, 0.2) is 0 Å². The SMILES string of the molecule is CC(=NNC(=O)c1cc(-c2ccc(F)cc2)n[nH]1)c1ccccc1O. The van der Waals surface area contributed by atoms with Crippen LogP contribution in [0.25, 0.3) is 11.3 Å². The number of aromatic amines is 1. The molecule has 0 fully saturated rings. The second-order valence-corrected chi connectivity index (χ2v) is 5.33. The lowest BCUT2D eigenvalue weighted by molar-refractivity contribution is 0.0950. The standard InChI is InChI=1S/C18H15FN4O2/c1-11(14-4-2-3-5-17(14)24)20-23-18(25)16-10-15(21-22-16)12-6-8-13(19)9-7-12/h2-10,24H,1H3,(H,21,22)(H,23,25). The van der Waals surface area contributed by atoms with Gasteiger partial charge in [-0.25, -0.2) is 9.82 Å². The van der Waals surface area contributed by atoms with Gasteiger partial charge in [-0.05, 0) is 49.4 Å². The number of phenols is 1. The van der Waals surface area contributed by atoms with Crippen LogP contribution in [0.3, 0.4) is 0 Å². The molecule has 0 radical (unpaired) electrons. The number of benzene rings is 2. The number of hydrogen-bond donors (Lipinski definition) is 3. The number of rotatable bonds is 4. The summed E-state index contributed by atoms with van der Waals surface area (Å²) >= 11 is 0. The zero-order chi connectivity index (χ0) is 17.8. The third-order valence-corrected chi connectivity index (χ3v) is 3.58. The van der Waals surface area contributed by atoms with E-state index in [0.29, 0.717) is 22.5 Å². The molecule has 3 rings (SSSR count). The molecule has 0 aliphatic heterocycles. The van der Waals surface area contributed by atoms with E-state index in [4.69, 9.17) is 0 Å². The first-order chi connectivity index (χ1) is 12.0. The molecule has 25 heavy (non-hydrogen) atoms. The summed E-state index contributed by atoms with van der Waals surface area (Å²) in [5.41, 5.74) is 4.82. The van der Waals surface area contributed by atoms with Crippen molar-refractivity contribution in [2.75, 3.05) is 0 Å². The number of carbonyl (C=O) groups excluding carboxylic acids is 1. The quantitative estimate of drug-likeness (QED) is 0.504. The van der Waals surface area contributed by atoms with Crippen molar-refractivity contribution in [3.8, 4) is 17.0 Å². The van der Waals surface area contributed by atoms with Crippen molar-refractivity contribution in [2.45, 2.75) is 6.92 Å². The lowest BCUT2D eigenvalue weighted by Gasteiger charge is -2.03. The van der Waals surface area contributed by atoms with Crippen LogP contribution in [-0.2, 0) is 0 Å². The number of phenolic OH excluding ortho intramolecular Hbond substituents is 1. The summed E-state index contributed by atoms with van der Waals surface area (Å²) in [5, 5.41) is 20.4. The molecule has 1 heterocycles. The monoisotopic (exact) mass is 338 g/mol. The van der Waals surface area contributed by atoms with Crippen LogP contribution in [0.4, 0.5) is 4.39 Å². The number of carbonyl (C=O) groups is 1. The highest BCUT2D eigenvalue weighted by atomic mass is 19.1. The summed E-state index contributed by atoms with van der Waals surface area (Å²) in [6.07, 6.45) is 0. The van der Waals surface area contributed by atoms with Crippen LogP contribution in [0.15, 0.2) is 59.7 Å². The summed E-state index contributed by atoms with van der Waals surface area (Å²) in [5.74, 6) is -0.736. The average Bonchev–Trinajstić information content (AvgIpc) is 3.10. The Balaban J connectivity index is 1.73. The molecule has 1 aromatic heterocycles. The maximum Gasteiger partial charge on any atom is 0.289 e. The molecule has 0 atom stereocenters. The Morgan fingerprint density at radius 1 is 1.20 bits per heavy atom. The van der Waals surface area contributed by atoms with E-state index in [1.54, 1.807) is 49.4 Å². The fourth-order valence-corrected chi connectivity index (χ4v) is 2.24. The Labute approximate surface area is 143 Å². The van der Waals surface area contributed by atoms with Crippen LogP contribution in [0.5, 0.6) is 5.75 Å². The molecule has 0 saturated heterocycles. The van der Waals surface area contributed by atoms with Crippen LogP contribution in [0, 0.1) is 5.82 Å². The van der Waals surface area contributed by atoms with Crippen molar-refractivity contribution >= 4 is 11.6 Å². The van der Waals surface area contributed by atoms with Crippen molar-refractivity contribution < 1.29 is 14.3 Å². The topological polar surface area (TPSA) is 90.4 Å². The van der Waals surface area contributed by atoms with Crippen molar-refractivity contribution in [1.82, 2.24) is 15.6 Å². The van der Waals surface area contributed by atoms with E-state index in [1.807, 2.05) is 0 Å². The lowest BCUT2D eigenvalue weighted by atomic mass is 10.1. The maximum atomic E-state index is 13.0. The molecular formula is C18H15FN4O2. The molecule has 1 amide bonds. The largest absolute Gasteiger partial charge is 0.507 e. The zero-order valence-corrected chi connectivity index (χ0v) is 13.3. The van der Waals surface area contributed by atoms with Gasteiger partial charge in [-0.2, -0.15) is 10.2 Å². The number of para-hydroxylation sites is 1. The number of hydrogen-bond acceptors (Lipinski definition) is 4. The number of amides is 1. The van der Waals surface area contributed by atoms with E-state index >= 15 is 0 Å². The molecule has 0 saturated carbocycles. The fourth-order valence-electron chi connectivity index (χ4n) is 2.24. The van der Waals surface area contributed by atoms with Gasteiger partial charge in [0, 0.05) is 11.1 Å². The van der Waals surface area contributed by atoms with E-state index < -0.39 is 5.91 Å². The van der Waals surface area contributed by atoms with Gasteiger partial charge in [-0.3, -0.25) is 9.89 Å². The number of aromatic hydroxyl groups is 1. The molecule has 0 unspecified atom stereocenters. The number of H-pyrrole nitrogens is 1. The van der Waals surface area contributed by atoms with Gasteiger partial charge in [-0.1, -0.05) is 12.1 Å². The molecule has 2 aromatic carbocycles. The number of nitrogens with one attached hydrogen (secondary N) is 2. The first-order valence-electron chi connectivity index (χ1n) is 7.49. The van der Waals surface area contributed by atoms with Crippen LogP contribution in [0.1, 0.15) is 23.0 Å². The normalized spacial score (nSPS) is 11.4. The Morgan fingerprint density at radius 2 is 1.92 bits per heavy atom. The Bertz CT molecular complexity index is 932. The summed E-state index contributed by atoms with van der Waals surface area (Å²) in [4.78, 5) is 12.2. The van der Waals surface area contributed by atoms with Crippen molar-refractivity contribution in [3.05, 3.63) is 71.7 Å². The molecular weight excluding hydrogens is 323 g/mol. The van der Waals surface area contributed by atoms with E-state index in [0.717, 1.165) is 0 Å². The molecule has 3 aromatic rings. The van der Waals surface area contributed by atoms with Gasteiger partial charge >= 0.3 is 0 Å². The highest BCUT2D eigenvalue weighted by Crippen LogP contribution is 2.18. The lowest BCUT2D eigenvalue weighted by Crippen LogP contribution is -2.19. The molecule has 3 N–H and O–H groups in total. The van der Waals surface area contributed by atoms with Gasteiger partial charge in [-0.15, -0.1) is 0 Å². The first-order valence-corrected chi connectivity index (χ1v) is 7.49. The predicted molar refractivity (Wildman–Crippen MR) is 91.8 cm³/mol. The van der Waals surface area contributed by atoms with E-state index in [9.17, 15) is 14.3 Å². The Kier molecular flexibility index (Phi) is 4.56. The minimum absolute atomic E-state index is 0.0816. The number of halogens is 1. The molecule has 0 aliphatic carbocycles. The van der Waals surface area contributed by atoms with Crippen LogP contribution in [0.2, 0.25) is 0 Å². The van der Waals surface area contributed by atoms with Crippen LogP contribution < -0.4 is 5.43 Å². The molecule has 0 aliphatic rings. The van der Waals surface area contributed by atoms with E-state index in [-0.39, 0.29) is 17.3 Å². The molecule has 7 heteroatoms. The number of aromatic nitrogens is 2. The van der Waals surface area contributed by atoms with Crippen LogP contribution >= 0.6 is 0 Å². The van der Waals surface area contributed by atoms with Crippen molar-refractivity contribution in [2.24, 2.45) is 5.10 Å². The Hall–Kier alpha value is -3.48. The van der Waals surface area contributed by atoms with Crippen molar-refractivity contribution in [1.29, 1.82) is 0 Å². The first kappa shape index (κ1) is 16.4. The smallest absolute Gasteiger partial charge is 0.289 e. The summed E-state index contributed by atoms with van der Waals surface area (Å²) in [6, 6.07) is 14.1. The summed E-state index contributed by atoms with van der Waals surface area (Å²) in [7, 11) is 0. The van der Waals surface area contributed by atoms with Gasteiger partial charge in [0.1, 0.15) is 17.3 Å². The maximum absolute atomic E-state index is 13.0. The third-order valence-electron chi connectivity index (χ3n) is 3.58. The summed E-state index contributed by atoms with van der Waals surface area (Å²) < 4.78 is 13.0. The minimum atomic E-state index is -0.476. The van der Waals surface area contributed by atoms with Gasteiger partial charge in [0.2, 0.25) is 0 Å². The zero-order valence-electron chi connectivity index (χ0n) is 13.3. The Morgan fingerprint density at radius 3 is 2.64 bits per heavy atom. The average molecular weight is 338 g/mol. The number of hydrazone groups is 1. The molecule has 0 spiro atoms. The predicted octanol–water partition coefficient (Wildman–Crippen LogP) is 3.08.